The fraction of sp³-hybridized carbons (Fsp3) is 0.133. The van der Waals surface area contributed by atoms with Crippen LogP contribution >= 0.6 is 12.2 Å². The zero-order chi connectivity index (χ0) is 14.3. The van der Waals surface area contributed by atoms with Gasteiger partial charge in [-0.05, 0) is 54.5 Å². The van der Waals surface area contributed by atoms with Crippen LogP contribution in [-0.2, 0) is 6.54 Å². The number of aryl methyl sites for hydroxylation is 1. The van der Waals surface area contributed by atoms with Crippen molar-refractivity contribution in [1.29, 1.82) is 0 Å². The lowest BCUT2D eigenvalue weighted by Crippen LogP contribution is -2.00. The van der Waals surface area contributed by atoms with E-state index >= 15 is 0 Å². The van der Waals surface area contributed by atoms with Crippen LogP contribution in [0.4, 0.5) is 8.78 Å². The van der Waals surface area contributed by atoms with E-state index in [1.165, 1.54) is 18.2 Å². The molecule has 0 aliphatic heterocycles. The summed E-state index contributed by atoms with van der Waals surface area (Å²) in [5.74, 6) is -0.553. The fourth-order valence-corrected chi connectivity index (χ4v) is 2.53. The molecule has 2 aromatic carbocycles. The average Bonchev–Trinajstić information content (AvgIpc) is 2.67. The van der Waals surface area contributed by atoms with Gasteiger partial charge in [0.2, 0.25) is 0 Å². The normalized spacial score (nSPS) is 11.2. The molecule has 102 valence electrons. The quantitative estimate of drug-likeness (QED) is 0.697. The fourth-order valence-electron chi connectivity index (χ4n) is 2.26. The summed E-state index contributed by atoms with van der Waals surface area (Å²) in [6.45, 7) is 2.15. The van der Waals surface area contributed by atoms with E-state index < -0.39 is 0 Å². The topological polar surface area (TPSA) is 20.7 Å². The number of benzene rings is 2. The zero-order valence-corrected chi connectivity index (χ0v) is 11.6. The van der Waals surface area contributed by atoms with Gasteiger partial charge in [0, 0.05) is 0 Å². The summed E-state index contributed by atoms with van der Waals surface area (Å²) in [5.41, 5.74) is 2.83. The van der Waals surface area contributed by atoms with Gasteiger partial charge in [0.1, 0.15) is 11.6 Å². The van der Waals surface area contributed by atoms with Gasteiger partial charge in [0.15, 0.2) is 4.77 Å². The lowest BCUT2D eigenvalue weighted by atomic mass is 10.2. The number of nitrogens with one attached hydrogen (secondary N) is 1. The summed E-state index contributed by atoms with van der Waals surface area (Å²) in [6.07, 6.45) is 0. The first-order valence-electron chi connectivity index (χ1n) is 6.18. The van der Waals surface area contributed by atoms with Crippen LogP contribution in [0.3, 0.4) is 0 Å². The zero-order valence-electron chi connectivity index (χ0n) is 10.8. The van der Waals surface area contributed by atoms with Gasteiger partial charge in [-0.15, -0.1) is 0 Å². The Labute approximate surface area is 119 Å². The van der Waals surface area contributed by atoms with Crippen LogP contribution in [0.1, 0.15) is 11.1 Å². The highest BCUT2D eigenvalue weighted by atomic mass is 32.1. The largest absolute Gasteiger partial charge is 0.330 e. The van der Waals surface area contributed by atoms with Gasteiger partial charge in [0.25, 0.3) is 0 Å². The van der Waals surface area contributed by atoms with Crippen LogP contribution in [0.2, 0.25) is 0 Å². The molecule has 0 saturated heterocycles. The highest BCUT2D eigenvalue weighted by molar-refractivity contribution is 7.71. The van der Waals surface area contributed by atoms with Crippen molar-refractivity contribution in [3.8, 4) is 0 Å². The van der Waals surface area contributed by atoms with Crippen molar-refractivity contribution >= 4 is 23.3 Å². The van der Waals surface area contributed by atoms with Crippen molar-refractivity contribution in [2.24, 2.45) is 0 Å². The Bertz CT molecular complexity index is 849. The van der Waals surface area contributed by atoms with E-state index in [-0.39, 0.29) is 11.6 Å². The van der Waals surface area contributed by atoms with Crippen molar-refractivity contribution in [3.63, 3.8) is 0 Å². The average molecular weight is 290 g/mol. The Morgan fingerprint density at radius 3 is 2.75 bits per heavy atom. The van der Waals surface area contributed by atoms with Crippen molar-refractivity contribution in [2.75, 3.05) is 0 Å². The highest BCUT2D eigenvalue weighted by Crippen LogP contribution is 2.20. The number of aromatic nitrogens is 2. The van der Waals surface area contributed by atoms with Crippen LogP contribution in [0.25, 0.3) is 11.0 Å². The predicted molar refractivity (Wildman–Crippen MR) is 77.3 cm³/mol. The number of hydrogen-bond acceptors (Lipinski definition) is 1. The smallest absolute Gasteiger partial charge is 0.178 e. The summed E-state index contributed by atoms with van der Waals surface area (Å²) in [5, 5.41) is 0. The minimum absolute atomic E-state index is 0.272. The molecule has 0 aliphatic rings. The molecule has 3 aromatic rings. The first-order valence-corrected chi connectivity index (χ1v) is 6.58. The molecule has 0 unspecified atom stereocenters. The van der Waals surface area contributed by atoms with E-state index in [4.69, 9.17) is 12.2 Å². The Hall–Kier alpha value is -2.01. The number of rotatable bonds is 2. The van der Waals surface area contributed by atoms with Crippen molar-refractivity contribution in [2.45, 2.75) is 13.5 Å². The number of fused-ring (bicyclic) bond motifs is 1. The molecular formula is C15H12F2N2S. The molecule has 0 bridgehead atoms. The van der Waals surface area contributed by atoms with Gasteiger partial charge < -0.3 is 9.55 Å². The van der Waals surface area contributed by atoms with Crippen molar-refractivity contribution in [3.05, 3.63) is 63.9 Å². The molecule has 0 amide bonds. The molecule has 0 spiro atoms. The summed E-state index contributed by atoms with van der Waals surface area (Å²) < 4.78 is 29.1. The molecule has 0 radical (unpaired) electrons. The summed E-state index contributed by atoms with van der Waals surface area (Å²) in [6, 6.07) is 9.54. The maximum atomic E-state index is 13.6. The van der Waals surface area contributed by atoms with Gasteiger partial charge in [-0.25, -0.2) is 8.78 Å². The molecule has 1 N–H and O–H groups in total. The standard InChI is InChI=1S/C15H12F2N2S/c1-9-5-14-13(7-12(9)17)18-15(20)19(14)8-10-3-2-4-11(16)6-10/h2-7H,8H2,1H3,(H,18,20). The first kappa shape index (κ1) is 13.0. The van der Waals surface area contributed by atoms with E-state index in [1.807, 2.05) is 10.6 Å². The van der Waals surface area contributed by atoms with Crippen LogP contribution < -0.4 is 0 Å². The van der Waals surface area contributed by atoms with Gasteiger partial charge in [-0.1, -0.05) is 12.1 Å². The molecule has 3 rings (SSSR count). The molecule has 0 saturated carbocycles. The third kappa shape index (κ3) is 2.25. The minimum Gasteiger partial charge on any atom is -0.330 e. The number of aromatic amines is 1. The number of H-pyrrole nitrogens is 1. The van der Waals surface area contributed by atoms with E-state index in [1.54, 1.807) is 19.1 Å². The molecule has 5 heteroatoms. The van der Waals surface area contributed by atoms with Crippen LogP contribution in [0.15, 0.2) is 36.4 Å². The second-order valence-corrected chi connectivity index (χ2v) is 5.15. The van der Waals surface area contributed by atoms with E-state index in [0.717, 1.165) is 11.1 Å². The second-order valence-electron chi connectivity index (χ2n) is 4.76. The Balaban J connectivity index is 2.14. The lowest BCUT2D eigenvalue weighted by Gasteiger charge is -2.06. The Kier molecular flexibility index (Phi) is 3.14. The molecule has 1 heterocycles. The lowest BCUT2D eigenvalue weighted by molar-refractivity contribution is 0.620. The number of halogens is 2. The Morgan fingerprint density at radius 2 is 2.00 bits per heavy atom. The summed E-state index contributed by atoms with van der Waals surface area (Å²) >= 11 is 5.26. The number of nitrogens with zero attached hydrogens (tertiary/aromatic N) is 1. The SMILES string of the molecule is Cc1cc2c(cc1F)[nH]c(=S)n2Cc1cccc(F)c1. The molecule has 0 atom stereocenters. The molecule has 20 heavy (non-hydrogen) atoms. The van der Waals surface area contributed by atoms with Gasteiger partial charge in [-0.3, -0.25) is 0 Å². The Morgan fingerprint density at radius 1 is 1.20 bits per heavy atom. The maximum Gasteiger partial charge on any atom is 0.178 e. The molecular weight excluding hydrogens is 278 g/mol. The first-order chi connectivity index (χ1) is 9.54. The number of imidazole rings is 1. The van der Waals surface area contributed by atoms with E-state index in [0.29, 0.717) is 22.4 Å². The molecule has 2 nitrogen and oxygen atoms in total. The summed E-state index contributed by atoms with van der Waals surface area (Å²) in [4.78, 5) is 2.97. The van der Waals surface area contributed by atoms with Crippen LogP contribution in [0, 0.1) is 23.3 Å². The van der Waals surface area contributed by atoms with E-state index in [2.05, 4.69) is 4.98 Å². The van der Waals surface area contributed by atoms with Crippen molar-refractivity contribution < 1.29 is 8.78 Å². The highest BCUT2D eigenvalue weighted by Gasteiger charge is 2.08. The third-order valence-corrected chi connectivity index (χ3v) is 3.61. The monoisotopic (exact) mass is 290 g/mol. The van der Waals surface area contributed by atoms with Gasteiger partial charge in [-0.2, -0.15) is 0 Å². The maximum absolute atomic E-state index is 13.6. The van der Waals surface area contributed by atoms with Crippen molar-refractivity contribution in [1.82, 2.24) is 9.55 Å². The van der Waals surface area contributed by atoms with Crippen LogP contribution in [-0.4, -0.2) is 9.55 Å². The van der Waals surface area contributed by atoms with Gasteiger partial charge >= 0.3 is 0 Å². The summed E-state index contributed by atoms with van der Waals surface area (Å²) in [7, 11) is 0. The van der Waals surface area contributed by atoms with Gasteiger partial charge in [0.05, 0.1) is 17.6 Å². The second kappa shape index (κ2) is 4.83. The minimum atomic E-state index is -0.281. The van der Waals surface area contributed by atoms with Crippen LogP contribution in [0.5, 0.6) is 0 Å². The predicted octanol–water partition coefficient (Wildman–Crippen LogP) is 4.33. The third-order valence-electron chi connectivity index (χ3n) is 3.28. The van der Waals surface area contributed by atoms with E-state index in [9.17, 15) is 8.78 Å². The molecule has 1 aromatic heterocycles. The molecule has 0 fully saturated rings. The molecule has 0 aliphatic carbocycles. The number of hydrogen-bond donors (Lipinski definition) is 1.